The quantitative estimate of drug-likeness (QED) is 0.868. The lowest BCUT2D eigenvalue weighted by molar-refractivity contribution is 0.0636. The molecule has 0 saturated heterocycles. The van der Waals surface area contributed by atoms with Crippen LogP contribution in [0.4, 0.5) is 10.5 Å². The molecule has 0 aliphatic carbocycles. The van der Waals surface area contributed by atoms with E-state index < -0.39 is 11.7 Å². The predicted octanol–water partition coefficient (Wildman–Crippen LogP) is 3.83. The monoisotopic (exact) mass is 264 g/mol. The van der Waals surface area contributed by atoms with E-state index in [-0.39, 0.29) is 6.04 Å². The van der Waals surface area contributed by atoms with Gasteiger partial charge in [0.05, 0.1) is 0 Å². The number of ether oxygens (including phenoxy) is 1. The summed E-state index contributed by atoms with van der Waals surface area (Å²) in [5.74, 6) is 0. The molecule has 1 unspecified atom stereocenters. The summed E-state index contributed by atoms with van der Waals surface area (Å²) in [4.78, 5) is 11.6. The molecule has 0 radical (unpaired) electrons. The van der Waals surface area contributed by atoms with Crippen molar-refractivity contribution in [2.75, 3.05) is 5.32 Å². The van der Waals surface area contributed by atoms with Gasteiger partial charge in [0.15, 0.2) is 0 Å². The Morgan fingerprint density at radius 3 is 2.37 bits per heavy atom. The van der Waals surface area contributed by atoms with E-state index >= 15 is 0 Å². The normalized spacial score (nSPS) is 12.9. The van der Waals surface area contributed by atoms with Gasteiger partial charge in [0, 0.05) is 11.7 Å². The lowest BCUT2D eigenvalue weighted by atomic mass is 10.0. The zero-order valence-corrected chi connectivity index (χ0v) is 12.2. The van der Waals surface area contributed by atoms with Crippen molar-refractivity contribution in [1.29, 1.82) is 0 Å². The summed E-state index contributed by atoms with van der Waals surface area (Å²) in [6.45, 7) is 7.61. The number of hydrogen-bond donors (Lipinski definition) is 2. The van der Waals surface area contributed by atoms with E-state index in [4.69, 9.17) is 10.5 Å². The Hall–Kier alpha value is -1.55. The number of benzene rings is 1. The molecule has 1 atom stereocenters. The van der Waals surface area contributed by atoms with Gasteiger partial charge in [0.2, 0.25) is 0 Å². The molecular formula is C15H24N2O2. The van der Waals surface area contributed by atoms with Crippen molar-refractivity contribution in [1.82, 2.24) is 0 Å². The van der Waals surface area contributed by atoms with Crippen LogP contribution in [0.3, 0.4) is 0 Å². The third-order valence-electron chi connectivity index (χ3n) is 2.58. The number of rotatable bonds is 4. The molecule has 1 aromatic carbocycles. The Morgan fingerprint density at radius 2 is 1.89 bits per heavy atom. The molecular weight excluding hydrogens is 240 g/mol. The number of hydrogen-bond acceptors (Lipinski definition) is 3. The van der Waals surface area contributed by atoms with E-state index in [2.05, 4.69) is 12.2 Å². The first-order chi connectivity index (χ1) is 8.81. The minimum atomic E-state index is -0.493. The van der Waals surface area contributed by atoms with Crippen molar-refractivity contribution in [3.05, 3.63) is 29.8 Å². The lowest BCUT2D eigenvalue weighted by Crippen LogP contribution is -2.27. The highest BCUT2D eigenvalue weighted by Crippen LogP contribution is 2.18. The summed E-state index contributed by atoms with van der Waals surface area (Å²) in [6.07, 6.45) is 1.57. The number of carbonyl (C=O) groups excluding carboxylic acids is 1. The van der Waals surface area contributed by atoms with Gasteiger partial charge < -0.3 is 10.5 Å². The molecule has 0 bridgehead atoms. The van der Waals surface area contributed by atoms with Crippen LogP contribution in [0.1, 0.15) is 52.1 Å². The van der Waals surface area contributed by atoms with Gasteiger partial charge in [-0.25, -0.2) is 4.79 Å². The fourth-order valence-electron chi connectivity index (χ4n) is 1.71. The Morgan fingerprint density at radius 1 is 1.32 bits per heavy atom. The van der Waals surface area contributed by atoms with Crippen molar-refractivity contribution in [3.8, 4) is 0 Å². The Kier molecular flexibility index (Phi) is 5.36. The van der Waals surface area contributed by atoms with Gasteiger partial charge in [-0.05, 0) is 44.9 Å². The van der Waals surface area contributed by atoms with E-state index in [0.717, 1.165) is 18.4 Å². The Bertz CT molecular complexity index is 407. The summed E-state index contributed by atoms with van der Waals surface area (Å²) in [7, 11) is 0. The summed E-state index contributed by atoms with van der Waals surface area (Å²) in [5, 5.41) is 2.69. The first-order valence-electron chi connectivity index (χ1n) is 6.67. The number of anilines is 1. The highest BCUT2D eigenvalue weighted by atomic mass is 16.6. The molecule has 3 N–H and O–H groups in total. The maximum atomic E-state index is 11.6. The van der Waals surface area contributed by atoms with E-state index in [0.29, 0.717) is 5.69 Å². The molecule has 106 valence electrons. The van der Waals surface area contributed by atoms with Crippen LogP contribution in [0.25, 0.3) is 0 Å². The number of nitrogens with two attached hydrogens (primary N) is 1. The number of carbonyl (C=O) groups is 1. The summed E-state index contributed by atoms with van der Waals surface area (Å²) in [5.41, 5.74) is 7.33. The maximum absolute atomic E-state index is 11.6. The van der Waals surface area contributed by atoms with Crippen LogP contribution < -0.4 is 11.1 Å². The molecule has 1 aromatic rings. The summed E-state index contributed by atoms with van der Waals surface area (Å²) in [6, 6.07) is 7.62. The molecule has 0 aliphatic heterocycles. The lowest BCUT2D eigenvalue weighted by Gasteiger charge is -2.19. The van der Waals surface area contributed by atoms with E-state index in [1.807, 2.05) is 45.0 Å². The average Bonchev–Trinajstić information content (AvgIpc) is 2.27. The fraction of sp³-hybridized carbons (Fsp3) is 0.533. The standard InChI is InChI=1S/C15H24N2O2/c1-5-6-13(16)11-7-9-12(10-8-11)17-14(18)19-15(2,3)4/h7-10,13H,5-6,16H2,1-4H3,(H,17,18). The molecule has 0 spiro atoms. The molecule has 0 saturated carbocycles. The van der Waals surface area contributed by atoms with E-state index in [1.54, 1.807) is 0 Å². The van der Waals surface area contributed by atoms with Gasteiger partial charge in [-0.2, -0.15) is 0 Å². The van der Waals surface area contributed by atoms with Crippen LogP contribution in [0.15, 0.2) is 24.3 Å². The fourth-order valence-corrected chi connectivity index (χ4v) is 1.71. The minimum absolute atomic E-state index is 0.0561. The van der Waals surface area contributed by atoms with Crippen LogP contribution in [-0.2, 0) is 4.74 Å². The van der Waals surface area contributed by atoms with Gasteiger partial charge in [-0.15, -0.1) is 0 Å². The first-order valence-corrected chi connectivity index (χ1v) is 6.67. The minimum Gasteiger partial charge on any atom is -0.444 e. The van der Waals surface area contributed by atoms with Crippen molar-refractivity contribution >= 4 is 11.8 Å². The van der Waals surface area contributed by atoms with Crippen molar-refractivity contribution in [2.24, 2.45) is 5.73 Å². The van der Waals surface area contributed by atoms with Crippen LogP contribution >= 0.6 is 0 Å². The Labute approximate surface area is 115 Å². The SMILES string of the molecule is CCCC(N)c1ccc(NC(=O)OC(C)(C)C)cc1. The predicted molar refractivity (Wildman–Crippen MR) is 78.1 cm³/mol. The summed E-state index contributed by atoms with van der Waals surface area (Å²) >= 11 is 0. The first kappa shape index (κ1) is 15.5. The maximum Gasteiger partial charge on any atom is 0.412 e. The summed E-state index contributed by atoms with van der Waals surface area (Å²) < 4.78 is 5.18. The van der Waals surface area contributed by atoms with E-state index in [9.17, 15) is 4.79 Å². The molecule has 1 rings (SSSR count). The van der Waals surface area contributed by atoms with Crippen LogP contribution in [-0.4, -0.2) is 11.7 Å². The molecule has 4 heteroatoms. The zero-order chi connectivity index (χ0) is 14.5. The molecule has 0 heterocycles. The highest BCUT2D eigenvalue weighted by molar-refractivity contribution is 5.84. The molecule has 0 aliphatic rings. The molecule has 19 heavy (non-hydrogen) atoms. The second-order valence-corrected chi connectivity index (χ2v) is 5.64. The largest absolute Gasteiger partial charge is 0.444 e. The van der Waals surface area contributed by atoms with Gasteiger partial charge in [0.1, 0.15) is 5.60 Å². The van der Waals surface area contributed by atoms with E-state index in [1.165, 1.54) is 0 Å². The van der Waals surface area contributed by atoms with Crippen LogP contribution in [0, 0.1) is 0 Å². The van der Waals surface area contributed by atoms with Gasteiger partial charge >= 0.3 is 6.09 Å². The molecule has 0 aromatic heterocycles. The molecule has 0 fully saturated rings. The van der Waals surface area contributed by atoms with Crippen molar-refractivity contribution in [3.63, 3.8) is 0 Å². The van der Waals surface area contributed by atoms with Gasteiger partial charge in [-0.3, -0.25) is 5.32 Å². The molecule has 4 nitrogen and oxygen atoms in total. The second-order valence-electron chi connectivity index (χ2n) is 5.64. The third-order valence-corrected chi connectivity index (χ3v) is 2.58. The molecule has 1 amide bonds. The zero-order valence-electron chi connectivity index (χ0n) is 12.2. The van der Waals surface area contributed by atoms with Gasteiger partial charge in [-0.1, -0.05) is 25.5 Å². The smallest absolute Gasteiger partial charge is 0.412 e. The highest BCUT2D eigenvalue weighted by Gasteiger charge is 2.16. The number of amides is 1. The van der Waals surface area contributed by atoms with Crippen LogP contribution in [0.2, 0.25) is 0 Å². The van der Waals surface area contributed by atoms with Crippen molar-refractivity contribution < 1.29 is 9.53 Å². The van der Waals surface area contributed by atoms with Crippen molar-refractivity contribution in [2.45, 2.75) is 52.2 Å². The van der Waals surface area contributed by atoms with Gasteiger partial charge in [0.25, 0.3) is 0 Å². The Balaban J connectivity index is 2.59. The van der Waals surface area contributed by atoms with Crippen LogP contribution in [0.5, 0.6) is 0 Å². The number of nitrogens with one attached hydrogen (secondary N) is 1. The average molecular weight is 264 g/mol. The second kappa shape index (κ2) is 6.57. The third kappa shape index (κ3) is 5.75. The topological polar surface area (TPSA) is 64.3 Å².